The molecule has 9 heteroatoms. The first-order valence-electron chi connectivity index (χ1n) is 10.5. The maximum atomic E-state index is 14.5. The smallest absolute Gasteiger partial charge is 0.321 e. The van der Waals surface area contributed by atoms with Crippen molar-refractivity contribution in [2.24, 2.45) is 0 Å². The van der Waals surface area contributed by atoms with Gasteiger partial charge in [0, 0.05) is 30.7 Å². The number of ether oxygens (including phenoxy) is 1. The molecule has 33 heavy (non-hydrogen) atoms. The molecule has 0 radical (unpaired) electrons. The van der Waals surface area contributed by atoms with Crippen LogP contribution in [0.15, 0.2) is 55.0 Å². The van der Waals surface area contributed by atoms with E-state index in [1.54, 1.807) is 43.3 Å². The topological polar surface area (TPSA) is 80.2 Å². The molecule has 4 aromatic rings. The van der Waals surface area contributed by atoms with Crippen molar-refractivity contribution < 1.29 is 13.9 Å². The number of nitrogens with one attached hydrogen (secondary N) is 1. The molecule has 3 heterocycles. The van der Waals surface area contributed by atoms with E-state index in [-0.39, 0.29) is 11.8 Å². The summed E-state index contributed by atoms with van der Waals surface area (Å²) in [6, 6.07) is 12.4. The largest absolute Gasteiger partial charge is 0.497 e. The number of urea groups is 1. The highest BCUT2D eigenvalue weighted by molar-refractivity contribution is 7.05. The number of amides is 2. The Labute approximate surface area is 194 Å². The van der Waals surface area contributed by atoms with Gasteiger partial charge in [-0.2, -0.15) is 4.37 Å². The van der Waals surface area contributed by atoms with Gasteiger partial charge in [0.2, 0.25) is 0 Å². The summed E-state index contributed by atoms with van der Waals surface area (Å²) in [6.07, 6.45) is 3.81. The summed E-state index contributed by atoms with van der Waals surface area (Å²) in [5, 5.41) is 4.63. The molecule has 7 nitrogen and oxygen atoms in total. The summed E-state index contributed by atoms with van der Waals surface area (Å²) < 4.78 is 24.0. The molecular weight excluding hydrogens is 441 g/mol. The summed E-state index contributed by atoms with van der Waals surface area (Å²) in [6.45, 7) is 2.60. The van der Waals surface area contributed by atoms with Crippen molar-refractivity contribution in [2.75, 3.05) is 25.5 Å². The highest BCUT2D eigenvalue weighted by atomic mass is 32.1. The van der Waals surface area contributed by atoms with Crippen LogP contribution in [0.4, 0.5) is 14.9 Å². The van der Waals surface area contributed by atoms with Crippen LogP contribution >= 0.6 is 11.5 Å². The molecule has 1 saturated heterocycles. The molecule has 2 amide bonds. The van der Waals surface area contributed by atoms with E-state index in [0.717, 1.165) is 16.0 Å². The lowest BCUT2D eigenvalue weighted by Gasteiger charge is -2.28. The van der Waals surface area contributed by atoms with Gasteiger partial charge in [-0.05, 0) is 54.2 Å². The number of carbonyl (C=O) groups is 1. The van der Waals surface area contributed by atoms with Gasteiger partial charge in [0.05, 0.1) is 23.7 Å². The molecular formula is C24H22FN5O2S. The average molecular weight is 464 g/mol. The number of nitrogens with zero attached hydrogens (tertiary/aromatic N) is 4. The lowest BCUT2D eigenvalue weighted by Crippen LogP contribution is -2.37. The minimum atomic E-state index is -0.609. The van der Waals surface area contributed by atoms with Gasteiger partial charge in [-0.3, -0.25) is 4.98 Å². The van der Waals surface area contributed by atoms with Crippen LogP contribution in [0.25, 0.3) is 10.9 Å². The quantitative estimate of drug-likeness (QED) is 0.472. The highest BCUT2D eigenvalue weighted by Crippen LogP contribution is 2.42. The molecule has 0 aliphatic carbocycles. The zero-order chi connectivity index (χ0) is 23.0. The van der Waals surface area contributed by atoms with E-state index in [2.05, 4.69) is 19.7 Å². The Kier molecular flexibility index (Phi) is 5.41. The molecule has 5 rings (SSSR count). The van der Waals surface area contributed by atoms with Crippen molar-refractivity contribution >= 4 is 34.2 Å². The number of hydrogen-bond acceptors (Lipinski definition) is 6. The average Bonchev–Trinajstić information content (AvgIpc) is 3.52. The normalized spacial score (nSPS) is 18.0. The number of benzene rings is 2. The minimum Gasteiger partial charge on any atom is -0.497 e. The molecule has 2 aromatic heterocycles. The van der Waals surface area contributed by atoms with E-state index in [1.165, 1.54) is 17.9 Å². The van der Waals surface area contributed by atoms with Crippen LogP contribution in [-0.2, 0) is 5.41 Å². The third-order valence-electron chi connectivity index (χ3n) is 6.21. The number of hydrogen-bond donors (Lipinski definition) is 1. The highest BCUT2D eigenvalue weighted by Gasteiger charge is 2.45. The number of carbonyl (C=O) groups excluding carboxylic acids is 1. The van der Waals surface area contributed by atoms with Gasteiger partial charge < -0.3 is 15.0 Å². The van der Waals surface area contributed by atoms with Crippen molar-refractivity contribution in [2.45, 2.75) is 18.8 Å². The molecule has 1 aliphatic heterocycles. The van der Waals surface area contributed by atoms with Crippen LogP contribution in [0.2, 0.25) is 0 Å². The number of methoxy groups -OCH3 is 1. The summed E-state index contributed by atoms with van der Waals surface area (Å²) in [5.74, 6) is 0.360. The van der Waals surface area contributed by atoms with Crippen molar-refractivity contribution in [1.82, 2.24) is 19.2 Å². The molecule has 168 valence electrons. The first kappa shape index (κ1) is 21.3. The van der Waals surface area contributed by atoms with Gasteiger partial charge in [0.15, 0.2) is 0 Å². The second kappa shape index (κ2) is 8.40. The van der Waals surface area contributed by atoms with E-state index in [4.69, 9.17) is 4.74 Å². The van der Waals surface area contributed by atoms with Gasteiger partial charge in [-0.15, -0.1) is 0 Å². The van der Waals surface area contributed by atoms with E-state index in [1.807, 2.05) is 24.3 Å². The Hall–Kier alpha value is -3.59. The fraction of sp³-hybridized carbons (Fsp3) is 0.250. The molecule has 2 aromatic carbocycles. The number of rotatable bonds is 4. The summed E-state index contributed by atoms with van der Waals surface area (Å²) in [5.41, 5.74) is 2.02. The van der Waals surface area contributed by atoms with Gasteiger partial charge in [0.1, 0.15) is 22.9 Å². The molecule has 0 spiro atoms. The number of fused-ring (bicyclic) bond motifs is 1. The zero-order valence-electron chi connectivity index (χ0n) is 18.2. The molecule has 1 N–H and O–H groups in total. The third kappa shape index (κ3) is 3.78. The van der Waals surface area contributed by atoms with E-state index in [0.29, 0.717) is 42.0 Å². The van der Waals surface area contributed by atoms with Crippen LogP contribution in [0.1, 0.15) is 22.6 Å². The van der Waals surface area contributed by atoms with Crippen molar-refractivity contribution in [3.8, 4) is 5.75 Å². The van der Waals surface area contributed by atoms with Gasteiger partial charge in [-0.25, -0.2) is 14.2 Å². The van der Waals surface area contributed by atoms with Crippen LogP contribution in [0.3, 0.4) is 0 Å². The Balaban J connectivity index is 1.46. The lowest BCUT2D eigenvalue weighted by atomic mass is 9.80. The molecule has 0 saturated carbocycles. The standard InChI is InChI=1S/C24H22FN5O2S/c1-15-5-6-17(11-19(15)25)24(22-27-14-28-33-22)7-9-30(13-24)23(31)29-20-12-18(32-2)10-16-4-3-8-26-21(16)20/h3-6,8,10-12,14H,7,9,13H2,1-2H3,(H,29,31)/t24-/m1/s1. The van der Waals surface area contributed by atoms with Crippen LogP contribution in [0.5, 0.6) is 5.75 Å². The molecule has 1 fully saturated rings. The number of likely N-dealkylation sites (tertiary alicyclic amines) is 1. The first-order valence-corrected chi connectivity index (χ1v) is 11.3. The summed E-state index contributed by atoms with van der Waals surface area (Å²) >= 11 is 1.28. The van der Waals surface area contributed by atoms with E-state index in [9.17, 15) is 9.18 Å². The number of pyridine rings is 1. The second-order valence-corrected chi connectivity index (χ2v) is 8.92. The van der Waals surface area contributed by atoms with Gasteiger partial charge in [-0.1, -0.05) is 18.2 Å². The summed E-state index contributed by atoms with van der Waals surface area (Å²) in [4.78, 5) is 23.9. The van der Waals surface area contributed by atoms with Crippen LogP contribution in [-0.4, -0.2) is 45.5 Å². The third-order valence-corrected chi connectivity index (χ3v) is 7.08. The number of anilines is 1. The minimum absolute atomic E-state index is 0.255. The van der Waals surface area contributed by atoms with Gasteiger partial charge in [0.25, 0.3) is 0 Å². The maximum Gasteiger partial charge on any atom is 0.321 e. The molecule has 1 aliphatic rings. The maximum absolute atomic E-state index is 14.5. The predicted octanol–water partition coefficient (Wildman–Crippen LogP) is 4.77. The Bertz CT molecular complexity index is 1330. The zero-order valence-corrected chi connectivity index (χ0v) is 19.0. The monoisotopic (exact) mass is 463 g/mol. The number of aromatic nitrogens is 3. The fourth-order valence-electron chi connectivity index (χ4n) is 4.36. The summed E-state index contributed by atoms with van der Waals surface area (Å²) in [7, 11) is 1.58. The number of aryl methyl sites for hydroxylation is 1. The van der Waals surface area contributed by atoms with E-state index >= 15 is 0 Å². The predicted molar refractivity (Wildman–Crippen MR) is 125 cm³/mol. The Morgan fingerprint density at radius 1 is 1.24 bits per heavy atom. The Morgan fingerprint density at radius 2 is 2.12 bits per heavy atom. The van der Waals surface area contributed by atoms with Crippen molar-refractivity contribution in [1.29, 1.82) is 0 Å². The SMILES string of the molecule is COc1cc(NC(=O)N2CC[C@@](c3ccc(C)c(F)c3)(c3ncns3)C2)c2ncccc2c1. The fourth-order valence-corrected chi connectivity index (χ4v) is 5.11. The van der Waals surface area contributed by atoms with Crippen molar-refractivity contribution in [3.63, 3.8) is 0 Å². The number of halogens is 1. The van der Waals surface area contributed by atoms with Gasteiger partial charge >= 0.3 is 6.03 Å². The van der Waals surface area contributed by atoms with Crippen LogP contribution in [0, 0.1) is 12.7 Å². The van der Waals surface area contributed by atoms with Crippen molar-refractivity contribution in [3.05, 3.63) is 76.9 Å². The second-order valence-electron chi connectivity index (χ2n) is 8.14. The van der Waals surface area contributed by atoms with Crippen LogP contribution < -0.4 is 10.1 Å². The Morgan fingerprint density at radius 3 is 2.88 bits per heavy atom. The first-order chi connectivity index (χ1) is 16.0. The van der Waals surface area contributed by atoms with E-state index < -0.39 is 5.41 Å². The lowest BCUT2D eigenvalue weighted by molar-refractivity contribution is 0.220. The molecule has 0 bridgehead atoms. The molecule has 0 unspecified atom stereocenters. The molecule has 1 atom stereocenters.